The maximum absolute atomic E-state index is 12.6. The van der Waals surface area contributed by atoms with Crippen LogP contribution in [0.5, 0.6) is 0 Å². The summed E-state index contributed by atoms with van der Waals surface area (Å²) in [4.78, 5) is 16.0. The molecular formula is C14H17F3N6OS. The summed E-state index contributed by atoms with van der Waals surface area (Å²) in [6.45, 7) is 4.11. The largest absolute Gasteiger partial charge is 0.445 e. The number of amides is 1. The number of carbonyl (C=O) groups is 1. The molecule has 0 N–H and O–H groups in total. The molecule has 1 saturated heterocycles. The molecule has 1 atom stereocenters. The molecule has 3 rings (SSSR count). The van der Waals surface area contributed by atoms with Crippen molar-refractivity contribution >= 4 is 22.4 Å². The first kappa shape index (κ1) is 17.6. The van der Waals surface area contributed by atoms with Gasteiger partial charge in [-0.2, -0.15) is 18.3 Å². The quantitative estimate of drug-likeness (QED) is 0.816. The molecule has 1 aliphatic rings. The van der Waals surface area contributed by atoms with Crippen LogP contribution in [0, 0.1) is 5.92 Å². The highest BCUT2D eigenvalue weighted by molar-refractivity contribution is 7.15. The van der Waals surface area contributed by atoms with Crippen molar-refractivity contribution in [3.63, 3.8) is 0 Å². The maximum Gasteiger partial charge on any atom is 0.445 e. The number of rotatable bonds is 4. The first-order valence-electron chi connectivity index (χ1n) is 7.76. The van der Waals surface area contributed by atoms with E-state index in [0.29, 0.717) is 44.1 Å². The number of alkyl halides is 3. The summed E-state index contributed by atoms with van der Waals surface area (Å²) in [6.07, 6.45) is -1.02. The second-order valence-electron chi connectivity index (χ2n) is 5.83. The molecule has 2 aromatic heterocycles. The van der Waals surface area contributed by atoms with Crippen LogP contribution >= 0.6 is 11.3 Å². The van der Waals surface area contributed by atoms with Crippen molar-refractivity contribution in [2.45, 2.75) is 19.6 Å². The average Bonchev–Trinajstić information content (AvgIpc) is 3.25. The van der Waals surface area contributed by atoms with Crippen LogP contribution in [-0.4, -0.2) is 57.0 Å². The van der Waals surface area contributed by atoms with Crippen molar-refractivity contribution in [2.24, 2.45) is 5.92 Å². The average molecular weight is 374 g/mol. The molecule has 1 fully saturated rings. The number of hydrogen-bond donors (Lipinski definition) is 0. The Labute approximate surface area is 146 Å². The molecule has 0 aromatic carbocycles. The standard InChI is InChI=1S/C14H17F3N6OS/c1-10(9-23-4-2-3-18-23)11(24)21-5-7-22(8-6-21)13-20-19-12(25-13)14(15,16)17/h2-4,10H,5-9H2,1H3/t10-/m1/s1. The van der Waals surface area contributed by atoms with Gasteiger partial charge in [0.15, 0.2) is 0 Å². The van der Waals surface area contributed by atoms with Crippen LogP contribution in [0.15, 0.2) is 18.5 Å². The second kappa shape index (κ2) is 6.98. The molecule has 136 valence electrons. The minimum absolute atomic E-state index is 0.0170. The molecule has 11 heteroatoms. The van der Waals surface area contributed by atoms with Crippen molar-refractivity contribution in [1.29, 1.82) is 0 Å². The first-order valence-corrected chi connectivity index (χ1v) is 8.58. The second-order valence-corrected chi connectivity index (χ2v) is 6.79. The summed E-state index contributed by atoms with van der Waals surface area (Å²) in [5.41, 5.74) is 0. The predicted molar refractivity (Wildman–Crippen MR) is 85.1 cm³/mol. The van der Waals surface area contributed by atoms with Crippen LogP contribution in [0.4, 0.5) is 18.3 Å². The number of piperazine rings is 1. The molecule has 0 unspecified atom stereocenters. The topological polar surface area (TPSA) is 67.2 Å². The number of nitrogens with zero attached hydrogens (tertiary/aromatic N) is 6. The smallest absolute Gasteiger partial charge is 0.343 e. The van der Waals surface area contributed by atoms with Gasteiger partial charge < -0.3 is 9.80 Å². The monoisotopic (exact) mass is 374 g/mol. The summed E-state index contributed by atoms with van der Waals surface area (Å²) in [6, 6.07) is 1.80. The van der Waals surface area contributed by atoms with Crippen LogP contribution in [-0.2, 0) is 17.5 Å². The highest BCUT2D eigenvalue weighted by atomic mass is 32.1. The molecule has 0 bridgehead atoms. The van der Waals surface area contributed by atoms with E-state index in [1.54, 1.807) is 32.9 Å². The number of hydrogen-bond acceptors (Lipinski definition) is 6. The van der Waals surface area contributed by atoms with Gasteiger partial charge >= 0.3 is 6.18 Å². The van der Waals surface area contributed by atoms with Crippen molar-refractivity contribution in [2.75, 3.05) is 31.1 Å². The van der Waals surface area contributed by atoms with Crippen LogP contribution in [0.3, 0.4) is 0 Å². The molecule has 25 heavy (non-hydrogen) atoms. The fourth-order valence-corrected chi connectivity index (χ4v) is 3.42. The van der Waals surface area contributed by atoms with Gasteiger partial charge in [0.25, 0.3) is 0 Å². The van der Waals surface area contributed by atoms with E-state index in [1.165, 1.54) is 0 Å². The van der Waals surface area contributed by atoms with Gasteiger partial charge in [0.1, 0.15) is 0 Å². The molecule has 2 aromatic rings. The van der Waals surface area contributed by atoms with Gasteiger partial charge in [-0.25, -0.2) is 0 Å². The number of anilines is 1. The molecule has 1 amide bonds. The lowest BCUT2D eigenvalue weighted by atomic mass is 10.1. The summed E-state index contributed by atoms with van der Waals surface area (Å²) in [5.74, 6) is -0.201. The van der Waals surface area contributed by atoms with Crippen molar-refractivity contribution in [3.8, 4) is 0 Å². The lowest BCUT2D eigenvalue weighted by Crippen LogP contribution is -2.50. The number of halogens is 3. The molecule has 0 spiro atoms. The maximum atomic E-state index is 12.6. The zero-order valence-electron chi connectivity index (χ0n) is 13.5. The Hall–Kier alpha value is -2.17. The molecule has 0 aliphatic carbocycles. The van der Waals surface area contributed by atoms with Gasteiger partial charge in [0.2, 0.25) is 16.0 Å². The van der Waals surface area contributed by atoms with Gasteiger partial charge in [-0.3, -0.25) is 9.48 Å². The van der Waals surface area contributed by atoms with Gasteiger partial charge in [0, 0.05) is 38.6 Å². The van der Waals surface area contributed by atoms with E-state index in [4.69, 9.17) is 0 Å². The highest BCUT2D eigenvalue weighted by Crippen LogP contribution is 2.34. The van der Waals surface area contributed by atoms with E-state index >= 15 is 0 Å². The Morgan fingerprint density at radius 2 is 2.00 bits per heavy atom. The molecule has 0 saturated carbocycles. The van der Waals surface area contributed by atoms with Crippen LogP contribution < -0.4 is 4.90 Å². The third-order valence-electron chi connectivity index (χ3n) is 3.96. The summed E-state index contributed by atoms with van der Waals surface area (Å²) < 4.78 is 39.5. The zero-order chi connectivity index (χ0) is 18.0. The lowest BCUT2D eigenvalue weighted by molar-refractivity contribution is -0.138. The third-order valence-corrected chi connectivity index (χ3v) is 4.99. The minimum Gasteiger partial charge on any atom is -0.343 e. The lowest BCUT2D eigenvalue weighted by Gasteiger charge is -2.35. The van der Waals surface area contributed by atoms with Crippen LogP contribution in [0.1, 0.15) is 11.9 Å². The predicted octanol–water partition coefficient (Wildman–Crippen LogP) is 1.74. The van der Waals surface area contributed by atoms with E-state index in [0.717, 1.165) is 0 Å². The number of aromatic nitrogens is 4. The Balaban J connectivity index is 1.54. The van der Waals surface area contributed by atoms with E-state index in [2.05, 4.69) is 15.3 Å². The molecule has 7 nitrogen and oxygen atoms in total. The van der Waals surface area contributed by atoms with E-state index in [1.807, 2.05) is 6.92 Å². The summed E-state index contributed by atoms with van der Waals surface area (Å²) >= 11 is 0.529. The van der Waals surface area contributed by atoms with E-state index < -0.39 is 11.2 Å². The van der Waals surface area contributed by atoms with Crippen LogP contribution in [0.25, 0.3) is 0 Å². The molecule has 1 aliphatic heterocycles. The highest BCUT2D eigenvalue weighted by Gasteiger charge is 2.36. The van der Waals surface area contributed by atoms with Gasteiger partial charge in [0.05, 0.1) is 12.5 Å². The Morgan fingerprint density at radius 1 is 1.28 bits per heavy atom. The van der Waals surface area contributed by atoms with Gasteiger partial charge in [-0.05, 0) is 6.07 Å². The number of carbonyl (C=O) groups excluding carboxylic acids is 1. The fraction of sp³-hybridized carbons (Fsp3) is 0.571. The minimum atomic E-state index is -4.48. The van der Waals surface area contributed by atoms with Gasteiger partial charge in [-0.1, -0.05) is 18.3 Å². The van der Waals surface area contributed by atoms with E-state index in [9.17, 15) is 18.0 Å². The summed E-state index contributed by atoms with van der Waals surface area (Å²) in [7, 11) is 0. The fourth-order valence-electron chi connectivity index (χ4n) is 2.65. The van der Waals surface area contributed by atoms with Crippen LogP contribution in [0.2, 0.25) is 0 Å². The molecular weight excluding hydrogens is 357 g/mol. The van der Waals surface area contributed by atoms with Gasteiger partial charge in [-0.15, -0.1) is 10.2 Å². The Bertz CT molecular complexity index is 708. The first-order chi connectivity index (χ1) is 11.8. The SMILES string of the molecule is C[C@H](Cn1cccn1)C(=O)N1CCN(c2nnc(C(F)(F)F)s2)CC1. The van der Waals surface area contributed by atoms with Crippen molar-refractivity contribution < 1.29 is 18.0 Å². The normalized spacial score (nSPS) is 17.0. The van der Waals surface area contributed by atoms with Crippen molar-refractivity contribution in [3.05, 3.63) is 23.5 Å². The zero-order valence-corrected chi connectivity index (χ0v) is 14.3. The molecule has 0 radical (unpaired) electrons. The third kappa shape index (κ3) is 4.09. The Morgan fingerprint density at radius 3 is 2.56 bits per heavy atom. The summed E-state index contributed by atoms with van der Waals surface area (Å²) in [5, 5.41) is 10.2. The van der Waals surface area contributed by atoms with Crippen molar-refractivity contribution in [1.82, 2.24) is 24.9 Å². The molecule has 3 heterocycles. The van der Waals surface area contributed by atoms with E-state index in [-0.39, 0.29) is 17.0 Å². The Kier molecular flexibility index (Phi) is 4.93.